The van der Waals surface area contributed by atoms with E-state index in [1.54, 1.807) is 31.3 Å². The van der Waals surface area contributed by atoms with Crippen molar-refractivity contribution in [2.75, 3.05) is 13.6 Å². The zero-order valence-electron chi connectivity index (χ0n) is 19.1. The third kappa shape index (κ3) is 5.91. The molecule has 2 aromatic carbocycles. The van der Waals surface area contributed by atoms with Crippen LogP contribution in [0.15, 0.2) is 47.4 Å². The van der Waals surface area contributed by atoms with Crippen LogP contribution in [-0.2, 0) is 26.2 Å². The molecule has 2 N–H and O–H groups in total. The van der Waals surface area contributed by atoms with Gasteiger partial charge in [0.05, 0.1) is 13.0 Å². The first-order valence-electron chi connectivity index (χ1n) is 10.9. The number of aryl methyl sites for hydroxylation is 1. The fraction of sp³-hybridized carbons (Fsp3) is 0.417. The van der Waals surface area contributed by atoms with Gasteiger partial charge in [-0.05, 0) is 55.0 Å². The molecular weight excluding hydrogens is 444 g/mol. The summed E-state index contributed by atoms with van der Waals surface area (Å²) in [6.45, 7) is 4.05. The average Bonchev–Trinajstić information content (AvgIpc) is 2.86. The van der Waals surface area contributed by atoms with E-state index in [2.05, 4.69) is 5.32 Å². The first kappa shape index (κ1) is 24.7. The minimum Gasteiger partial charge on any atom is -0.488 e. The highest BCUT2D eigenvalue weighted by Gasteiger charge is 2.33. The van der Waals surface area contributed by atoms with Crippen LogP contribution in [0.5, 0.6) is 5.75 Å². The van der Waals surface area contributed by atoms with Gasteiger partial charge in [0.1, 0.15) is 16.7 Å². The molecule has 1 aliphatic heterocycles. The van der Waals surface area contributed by atoms with Crippen LogP contribution in [0.1, 0.15) is 48.8 Å². The first-order chi connectivity index (χ1) is 15.6. The number of hydrogen-bond acceptors (Lipinski definition) is 5. The summed E-state index contributed by atoms with van der Waals surface area (Å²) in [7, 11) is -2.24. The summed E-state index contributed by atoms with van der Waals surface area (Å²) in [4.78, 5) is 23.3. The summed E-state index contributed by atoms with van der Waals surface area (Å²) in [5.41, 5.74) is 2.47. The highest BCUT2D eigenvalue weighted by molar-refractivity contribution is 7.89. The van der Waals surface area contributed by atoms with Crippen LogP contribution >= 0.6 is 0 Å². The van der Waals surface area contributed by atoms with E-state index in [0.29, 0.717) is 12.2 Å². The van der Waals surface area contributed by atoms with Crippen molar-refractivity contribution in [1.29, 1.82) is 0 Å². The number of nitrogens with one attached hydrogen (secondary N) is 1. The molecule has 2 atom stereocenters. The van der Waals surface area contributed by atoms with Crippen LogP contribution in [-0.4, -0.2) is 49.4 Å². The van der Waals surface area contributed by atoms with Gasteiger partial charge in [-0.1, -0.05) is 30.3 Å². The molecule has 1 aliphatic rings. The van der Waals surface area contributed by atoms with Crippen molar-refractivity contribution in [3.63, 3.8) is 0 Å². The number of para-hydroxylation sites is 1. The van der Waals surface area contributed by atoms with E-state index in [-0.39, 0.29) is 48.8 Å². The Labute approximate surface area is 194 Å². The minimum absolute atomic E-state index is 0.111. The lowest BCUT2D eigenvalue weighted by Gasteiger charge is -2.23. The Balaban J connectivity index is 1.92. The van der Waals surface area contributed by atoms with Gasteiger partial charge >= 0.3 is 5.97 Å². The number of carboxylic acids is 1. The number of amides is 1. The topological polar surface area (TPSA) is 113 Å². The number of aliphatic carboxylic acids is 1. The van der Waals surface area contributed by atoms with Crippen LogP contribution in [0, 0.1) is 6.92 Å². The lowest BCUT2D eigenvalue weighted by molar-refractivity contribution is -0.137. The molecule has 0 fully saturated rings. The van der Waals surface area contributed by atoms with Gasteiger partial charge in [0.2, 0.25) is 15.9 Å². The quantitative estimate of drug-likeness (QED) is 0.608. The zero-order chi connectivity index (χ0) is 24.2. The van der Waals surface area contributed by atoms with Crippen LogP contribution in [0.3, 0.4) is 0 Å². The summed E-state index contributed by atoms with van der Waals surface area (Å²) in [6, 6.07) is 12.2. The summed E-state index contributed by atoms with van der Waals surface area (Å²) in [5, 5.41) is 11.9. The standard InChI is InChI=1S/C24H30N2O6S/c1-16-8-9-18(19(13-24(28)29)10-11-23(27)25-3)12-20(16)15-26-14-17(2)32-21-6-4-5-7-22(21)33(26,30)31/h4-9,12,17,19H,10-11,13-15H2,1-3H3,(H,25,27)(H,28,29)/t17-,19?/m0/s1. The highest BCUT2D eigenvalue weighted by Crippen LogP contribution is 2.33. The van der Waals surface area contributed by atoms with Crippen molar-refractivity contribution < 1.29 is 27.9 Å². The summed E-state index contributed by atoms with van der Waals surface area (Å²) in [6.07, 6.45) is 0.150. The van der Waals surface area contributed by atoms with Crippen molar-refractivity contribution in [2.24, 2.45) is 0 Å². The Bertz CT molecular complexity index is 1130. The Morgan fingerprint density at radius 1 is 1.24 bits per heavy atom. The first-order valence-corrected chi connectivity index (χ1v) is 12.3. The Morgan fingerprint density at radius 3 is 2.67 bits per heavy atom. The van der Waals surface area contributed by atoms with Gasteiger partial charge in [-0.25, -0.2) is 8.42 Å². The van der Waals surface area contributed by atoms with Crippen molar-refractivity contribution in [3.8, 4) is 5.75 Å². The van der Waals surface area contributed by atoms with Crippen LogP contribution < -0.4 is 10.1 Å². The van der Waals surface area contributed by atoms with E-state index in [0.717, 1.165) is 16.7 Å². The predicted molar refractivity (Wildman–Crippen MR) is 124 cm³/mol. The maximum absolute atomic E-state index is 13.4. The molecule has 178 valence electrons. The third-order valence-corrected chi connectivity index (χ3v) is 7.72. The highest BCUT2D eigenvalue weighted by atomic mass is 32.2. The molecule has 0 saturated heterocycles. The number of carboxylic acid groups (broad SMARTS) is 1. The molecule has 0 bridgehead atoms. The monoisotopic (exact) mass is 474 g/mol. The van der Waals surface area contributed by atoms with E-state index in [9.17, 15) is 23.1 Å². The van der Waals surface area contributed by atoms with Crippen molar-refractivity contribution in [2.45, 2.75) is 56.6 Å². The molecule has 1 amide bonds. The normalized spacial score (nSPS) is 18.5. The number of benzene rings is 2. The second-order valence-corrected chi connectivity index (χ2v) is 10.3. The van der Waals surface area contributed by atoms with Gasteiger partial charge in [-0.3, -0.25) is 9.59 Å². The fourth-order valence-corrected chi connectivity index (χ4v) is 5.64. The summed E-state index contributed by atoms with van der Waals surface area (Å²) >= 11 is 0. The predicted octanol–water partition coefficient (Wildman–Crippen LogP) is 3.05. The largest absolute Gasteiger partial charge is 0.488 e. The van der Waals surface area contributed by atoms with Crippen LogP contribution in [0.25, 0.3) is 0 Å². The molecular formula is C24H30N2O6S. The summed E-state index contributed by atoms with van der Waals surface area (Å²) < 4.78 is 34.0. The van der Waals surface area contributed by atoms with Gasteiger partial charge in [-0.2, -0.15) is 4.31 Å². The number of sulfonamides is 1. The van der Waals surface area contributed by atoms with Gasteiger partial charge in [0, 0.05) is 20.0 Å². The van der Waals surface area contributed by atoms with E-state index in [1.807, 2.05) is 32.0 Å². The van der Waals surface area contributed by atoms with E-state index in [1.165, 1.54) is 4.31 Å². The molecule has 0 saturated carbocycles. The number of nitrogens with zero attached hydrogens (tertiary/aromatic N) is 1. The number of fused-ring (bicyclic) bond motifs is 1. The maximum atomic E-state index is 13.4. The molecule has 1 unspecified atom stereocenters. The molecule has 9 heteroatoms. The van der Waals surface area contributed by atoms with Gasteiger partial charge in [0.25, 0.3) is 0 Å². The average molecular weight is 475 g/mol. The molecule has 0 spiro atoms. The lowest BCUT2D eigenvalue weighted by Crippen LogP contribution is -2.35. The smallest absolute Gasteiger partial charge is 0.303 e. The maximum Gasteiger partial charge on any atom is 0.303 e. The Kier molecular flexibility index (Phi) is 7.76. The van der Waals surface area contributed by atoms with Crippen molar-refractivity contribution in [3.05, 3.63) is 59.2 Å². The molecule has 33 heavy (non-hydrogen) atoms. The fourth-order valence-electron chi connectivity index (χ4n) is 4.02. The van der Waals surface area contributed by atoms with Crippen molar-refractivity contribution in [1.82, 2.24) is 9.62 Å². The number of hydrogen-bond donors (Lipinski definition) is 2. The Morgan fingerprint density at radius 2 is 1.97 bits per heavy atom. The second-order valence-electron chi connectivity index (χ2n) is 8.37. The van der Waals surface area contributed by atoms with Gasteiger partial charge < -0.3 is 15.2 Å². The van der Waals surface area contributed by atoms with Gasteiger partial charge in [-0.15, -0.1) is 0 Å². The molecule has 0 aromatic heterocycles. The number of ether oxygens (including phenoxy) is 1. The molecule has 3 rings (SSSR count). The molecule has 0 radical (unpaired) electrons. The third-order valence-electron chi connectivity index (χ3n) is 5.87. The number of rotatable bonds is 8. The second kappa shape index (κ2) is 10.4. The zero-order valence-corrected chi connectivity index (χ0v) is 19.9. The van der Waals surface area contributed by atoms with E-state index >= 15 is 0 Å². The SMILES string of the molecule is CNC(=O)CCC(CC(=O)O)c1ccc(C)c(CN2C[C@H](C)Oc3ccccc3S2(=O)=O)c1. The van der Waals surface area contributed by atoms with Crippen LogP contribution in [0.2, 0.25) is 0 Å². The number of carbonyl (C=O) groups is 2. The molecule has 8 nitrogen and oxygen atoms in total. The lowest BCUT2D eigenvalue weighted by atomic mass is 9.89. The van der Waals surface area contributed by atoms with Crippen LogP contribution in [0.4, 0.5) is 0 Å². The van der Waals surface area contributed by atoms with E-state index < -0.39 is 16.0 Å². The van der Waals surface area contributed by atoms with Gasteiger partial charge in [0.15, 0.2) is 0 Å². The number of carbonyl (C=O) groups excluding carboxylic acids is 1. The molecule has 2 aromatic rings. The minimum atomic E-state index is -3.78. The molecule has 0 aliphatic carbocycles. The van der Waals surface area contributed by atoms with Crippen molar-refractivity contribution >= 4 is 21.9 Å². The Hall–Kier alpha value is -2.91. The summed E-state index contributed by atoms with van der Waals surface area (Å²) in [5.74, 6) is -1.12. The van der Waals surface area contributed by atoms with E-state index in [4.69, 9.17) is 4.74 Å². The molecule has 1 heterocycles.